The molecule has 2 aliphatic heterocycles. The van der Waals surface area contributed by atoms with Crippen molar-refractivity contribution >= 4 is 5.91 Å². The van der Waals surface area contributed by atoms with Gasteiger partial charge < -0.3 is 19.5 Å². The zero-order chi connectivity index (χ0) is 18.8. The summed E-state index contributed by atoms with van der Waals surface area (Å²) < 4.78 is 16.5. The van der Waals surface area contributed by atoms with Crippen LogP contribution in [0.5, 0.6) is 17.2 Å². The number of carbonyl (C=O) groups excluding carboxylic acids is 1. The fourth-order valence-corrected chi connectivity index (χ4v) is 3.58. The molecule has 0 saturated carbocycles. The molecule has 4 rings (SSSR count). The summed E-state index contributed by atoms with van der Waals surface area (Å²) in [7, 11) is 3.79. The van der Waals surface area contributed by atoms with E-state index >= 15 is 0 Å². The number of ether oxygens (including phenoxy) is 3. The first-order chi connectivity index (χ1) is 13.1. The van der Waals surface area contributed by atoms with Crippen LogP contribution in [0.15, 0.2) is 36.4 Å². The molecule has 0 bridgehead atoms. The first-order valence-corrected chi connectivity index (χ1v) is 9.20. The number of nitrogens with zero attached hydrogens (tertiary/aromatic N) is 1. The Morgan fingerprint density at radius 1 is 1.07 bits per heavy atom. The predicted molar refractivity (Wildman–Crippen MR) is 101 cm³/mol. The first kappa shape index (κ1) is 17.7. The monoisotopic (exact) mass is 368 g/mol. The molecule has 1 atom stereocenters. The Morgan fingerprint density at radius 2 is 1.89 bits per heavy atom. The highest BCUT2D eigenvalue weighted by molar-refractivity contribution is 5.83. The van der Waals surface area contributed by atoms with Gasteiger partial charge in [0.15, 0.2) is 11.5 Å². The van der Waals surface area contributed by atoms with E-state index < -0.39 is 6.04 Å². The highest BCUT2D eigenvalue weighted by Gasteiger charge is 2.25. The molecule has 1 amide bonds. The SMILES string of the molecule is CN(C)[C@H](C(=O)NCc1ccc2c(c1)CCCO2)c1ccc2c(c1)OCO2. The lowest BCUT2D eigenvalue weighted by atomic mass is 10.0. The summed E-state index contributed by atoms with van der Waals surface area (Å²) in [6.07, 6.45) is 2.06. The van der Waals surface area contributed by atoms with Crippen molar-refractivity contribution in [1.29, 1.82) is 0 Å². The van der Waals surface area contributed by atoms with Crippen molar-refractivity contribution in [2.75, 3.05) is 27.5 Å². The average Bonchev–Trinajstić information content (AvgIpc) is 3.14. The molecule has 2 aliphatic rings. The van der Waals surface area contributed by atoms with Crippen molar-refractivity contribution in [3.05, 3.63) is 53.1 Å². The lowest BCUT2D eigenvalue weighted by Gasteiger charge is -2.24. The molecule has 0 radical (unpaired) electrons. The number of benzene rings is 2. The fraction of sp³-hybridized carbons (Fsp3) is 0.381. The molecular formula is C21H24N2O4. The molecule has 142 valence electrons. The topological polar surface area (TPSA) is 60.0 Å². The van der Waals surface area contributed by atoms with Crippen molar-refractivity contribution in [3.8, 4) is 17.2 Å². The minimum Gasteiger partial charge on any atom is -0.493 e. The lowest BCUT2D eigenvalue weighted by Crippen LogP contribution is -2.36. The molecule has 0 fully saturated rings. The molecule has 2 aromatic carbocycles. The van der Waals surface area contributed by atoms with Gasteiger partial charge in [0, 0.05) is 6.54 Å². The van der Waals surface area contributed by atoms with Crippen molar-refractivity contribution in [2.24, 2.45) is 0 Å². The van der Waals surface area contributed by atoms with Crippen LogP contribution in [0.4, 0.5) is 0 Å². The quantitative estimate of drug-likeness (QED) is 0.879. The van der Waals surface area contributed by atoms with E-state index in [0.717, 1.165) is 36.3 Å². The van der Waals surface area contributed by atoms with Crippen LogP contribution in [0.1, 0.15) is 29.2 Å². The van der Waals surface area contributed by atoms with Gasteiger partial charge in [-0.25, -0.2) is 0 Å². The molecule has 1 N–H and O–H groups in total. The number of hydrogen-bond acceptors (Lipinski definition) is 5. The predicted octanol–water partition coefficient (Wildman–Crippen LogP) is 2.66. The fourth-order valence-electron chi connectivity index (χ4n) is 3.58. The van der Waals surface area contributed by atoms with Crippen LogP contribution in [0.3, 0.4) is 0 Å². The number of carbonyl (C=O) groups is 1. The van der Waals surface area contributed by atoms with Gasteiger partial charge in [0.25, 0.3) is 0 Å². The maximum Gasteiger partial charge on any atom is 0.242 e. The second-order valence-corrected chi connectivity index (χ2v) is 7.09. The van der Waals surface area contributed by atoms with Crippen molar-refractivity contribution in [2.45, 2.75) is 25.4 Å². The van der Waals surface area contributed by atoms with E-state index in [1.54, 1.807) is 0 Å². The number of nitrogens with one attached hydrogen (secondary N) is 1. The summed E-state index contributed by atoms with van der Waals surface area (Å²) in [6, 6.07) is 11.4. The Labute approximate surface area is 159 Å². The number of aryl methyl sites for hydroxylation is 1. The first-order valence-electron chi connectivity index (χ1n) is 9.20. The summed E-state index contributed by atoms with van der Waals surface area (Å²) in [4.78, 5) is 14.8. The van der Waals surface area contributed by atoms with E-state index in [9.17, 15) is 4.79 Å². The van der Waals surface area contributed by atoms with Gasteiger partial charge in [-0.2, -0.15) is 0 Å². The maximum absolute atomic E-state index is 12.9. The second kappa shape index (κ2) is 7.48. The zero-order valence-electron chi connectivity index (χ0n) is 15.7. The highest BCUT2D eigenvalue weighted by Crippen LogP contribution is 2.35. The summed E-state index contributed by atoms with van der Waals surface area (Å²) in [5.41, 5.74) is 3.17. The van der Waals surface area contributed by atoms with Crippen LogP contribution in [-0.4, -0.2) is 38.3 Å². The minimum absolute atomic E-state index is 0.0483. The minimum atomic E-state index is -0.402. The molecule has 0 aliphatic carbocycles. The molecule has 0 spiro atoms. The summed E-state index contributed by atoms with van der Waals surface area (Å²) >= 11 is 0. The zero-order valence-corrected chi connectivity index (χ0v) is 15.7. The number of fused-ring (bicyclic) bond motifs is 2. The maximum atomic E-state index is 12.9. The van der Waals surface area contributed by atoms with Crippen LogP contribution in [-0.2, 0) is 17.8 Å². The Morgan fingerprint density at radius 3 is 2.74 bits per heavy atom. The van der Waals surface area contributed by atoms with Gasteiger partial charge >= 0.3 is 0 Å². The van der Waals surface area contributed by atoms with Gasteiger partial charge in [-0.3, -0.25) is 9.69 Å². The summed E-state index contributed by atoms with van der Waals surface area (Å²) in [6.45, 7) is 1.49. The number of likely N-dealkylation sites (N-methyl/N-ethyl adjacent to an activating group) is 1. The van der Waals surface area contributed by atoms with Crippen molar-refractivity contribution in [1.82, 2.24) is 10.2 Å². The third-order valence-corrected chi connectivity index (χ3v) is 4.92. The highest BCUT2D eigenvalue weighted by atomic mass is 16.7. The van der Waals surface area contributed by atoms with Crippen LogP contribution >= 0.6 is 0 Å². The molecule has 0 aromatic heterocycles. The molecule has 0 saturated heterocycles. The average molecular weight is 368 g/mol. The Hall–Kier alpha value is -2.73. The van der Waals surface area contributed by atoms with E-state index in [1.807, 2.05) is 49.3 Å². The Balaban J connectivity index is 1.46. The Kier molecular flexibility index (Phi) is 4.90. The van der Waals surface area contributed by atoms with E-state index in [4.69, 9.17) is 14.2 Å². The van der Waals surface area contributed by atoms with E-state index in [2.05, 4.69) is 11.4 Å². The molecule has 0 unspecified atom stereocenters. The number of hydrogen-bond donors (Lipinski definition) is 1. The number of rotatable bonds is 5. The third kappa shape index (κ3) is 3.71. The smallest absolute Gasteiger partial charge is 0.242 e. The summed E-state index contributed by atoms with van der Waals surface area (Å²) in [5.74, 6) is 2.31. The van der Waals surface area contributed by atoms with Gasteiger partial charge in [0.1, 0.15) is 11.8 Å². The standard InChI is InChI=1S/C21H24N2O4/c1-23(2)20(16-6-8-18-19(11-16)27-13-26-18)21(24)22-12-14-5-7-17-15(10-14)4-3-9-25-17/h5-8,10-11,20H,3-4,9,12-13H2,1-2H3,(H,22,24)/t20-/m0/s1. The Bertz CT molecular complexity index is 850. The molecular weight excluding hydrogens is 344 g/mol. The molecule has 6 nitrogen and oxygen atoms in total. The van der Waals surface area contributed by atoms with E-state index in [0.29, 0.717) is 18.0 Å². The van der Waals surface area contributed by atoms with Crippen LogP contribution < -0.4 is 19.5 Å². The van der Waals surface area contributed by atoms with Crippen molar-refractivity contribution in [3.63, 3.8) is 0 Å². The molecule has 6 heteroatoms. The van der Waals surface area contributed by atoms with Crippen LogP contribution in [0.2, 0.25) is 0 Å². The normalized spacial score (nSPS) is 15.8. The molecule has 2 aromatic rings. The largest absolute Gasteiger partial charge is 0.493 e. The second-order valence-electron chi connectivity index (χ2n) is 7.09. The van der Waals surface area contributed by atoms with Gasteiger partial charge in [0.05, 0.1) is 6.61 Å². The van der Waals surface area contributed by atoms with Crippen LogP contribution in [0.25, 0.3) is 0 Å². The lowest BCUT2D eigenvalue weighted by molar-refractivity contribution is -0.125. The third-order valence-electron chi connectivity index (χ3n) is 4.92. The van der Waals surface area contributed by atoms with Gasteiger partial charge in [-0.1, -0.05) is 18.2 Å². The molecule has 2 heterocycles. The number of amides is 1. The molecule has 27 heavy (non-hydrogen) atoms. The van der Waals surface area contributed by atoms with Crippen LogP contribution in [0, 0.1) is 0 Å². The van der Waals surface area contributed by atoms with E-state index in [-0.39, 0.29) is 12.7 Å². The van der Waals surface area contributed by atoms with Crippen molar-refractivity contribution < 1.29 is 19.0 Å². The summed E-state index contributed by atoms with van der Waals surface area (Å²) in [5, 5.41) is 3.06. The van der Waals surface area contributed by atoms with Gasteiger partial charge in [-0.15, -0.1) is 0 Å². The van der Waals surface area contributed by atoms with Gasteiger partial charge in [0.2, 0.25) is 12.7 Å². The van der Waals surface area contributed by atoms with Gasteiger partial charge in [-0.05, 0) is 61.8 Å². The van der Waals surface area contributed by atoms with E-state index in [1.165, 1.54) is 5.56 Å².